The molecule has 1 unspecified atom stereocenters. The van der Waals surface area contributed by atoms with Gasteiger partial charge in [0.2, 0.25) is 11.8 Å². The van der Waals surface area contributed by atoms with Crippen molar-refractivity contribution in [3.05, 3.63) is 59.7 Å². The molecule has 0 spiro atoms. The number of nitrogens with one attached hydrogen (secondary N) is 1. The molecule has 40 heavy (non-hydrogen) atoms. The molecule has 2 aromatic rings. The maximum Gasteiger partial charge on any atom is 0.306 e. The van der Waals surface area contributed by atoms with Crippen LogP contribution < -0.4 is 9.62 Å². The van der Waals surface area contributed by atoms with Crippen LogP contribution in [0.5, 0.6) is 0 Å². The van der Waals surface area contributed by atoms with Gasteiger partial charge in [-0.05, 0) is 54.9 Å². The molecular formula is C28H34F3N5O3S. The summed E-state index contributed by atoms with van der Waals surface area (Å²) in [6, 6.07) is 6.55. The number of carbonyl (C=O) groups is 1. The lowest BCUT2D eigenvalue weighted by Gasteiger charge is -2.37. The van der Waals surface area contributed by atoms with Crippen LogP contribution in [-0.2, 0) is 20.4 Å². The molecule has 2 heterocycles. The van der Waals surface area contributed by atoms with Crippen molar-refractivity contribution in [2.75, 3.05) is 10.8 Å². The van der Waals surface area contributed by atoms with E-state index in [4.69, 9.17) is 0 Å². The van der Waals surface area contributed by atoms with E-state index in [1.54, 1.807) is 24.3 Å². The van der Waals surface area contributed by atoms with Gasteiger partial charge >= 0.3 is 10.2 Å². The number of nitriles is 1. The van der Waals surface area contributed by atoms with Crippen molar-refractivity contribution in [3.8, 4) is 6.07 Å². The molecule has 1 aliphatic heterocycles. The lowest BCUT2D eigenvalue weighted by Crippen LogP contribution is -2.52. The van der Waals surface area contributed by atoms with Gasteiger partial charge in [-0.2, -0.15) is 18.0 Å². The van der Waals surface area contributed by atoms with Gasteiger partial charge in [-0.15, -0.1) is 0 Å². The van der Waals surface area contributed by atoms with E-state index in [1.165, 1.54) is 6.20 Å². The summed E-state index contributed by atoms with van der Waals surface area (Å²) < 4.78 is 72.4. The van der Waals surface area contributed by atoms with E-state index < -0.39 is 58.8 Å². The first kappa shape index (κ1) is 29.8. The Morgan fingerprint density at radius 1 is 1.18 bits per heavy atom. The zero-order chi connectivity index (χ0) is 29.3. The standard InChI is InChI=1S/C28H34F3N5O3S/c1-27(2,3)20-6-8-23(9-7-20)36(40(38,39)35-14-4-5-24(35)16-32)25(19-15-21(29)18-33-17-19)26(37)34-22-10-12-28(30,31)13-11-22/h6-9,15,17-18,22,24-25H,4-5,10-14H2,1-3H3,(H,34,37)/t24-,25?/m1/s1. The monoisotopic (exact) mass is 577 g/mol. The Hall–Kier alpha value is -3.17. The molecule has 8 nitrogen and oxygen atoms in total. The molecule has 2 atom stereocenters. The summed E-state index contributed by atoms with van der Waals surface area (Å²) in [6.07, 6.45) is 2.16. The van der Waals surface area contributed by atoms with Crippen molar-refractivity contribution in [1.82, 2.24) is 14.6 Å². The van der Waals surface area contributed by atoms with Crippen molar-refractivity contribution >= 4 is 21.8 Å². The van der Waals surface area contributed by atoms with E-state index in [1.807, 2.05) is 26.8 Å². The summed E-state index contributed by atoms with van der Waals surface area (Å²) in [5.41, 5.74) is 0.780. The van der Waals surface area contributed by atoms with Crippen LogP contribution in [-0.4, -0.2) is 48.2 Å². The maximum atomic E-state index is 14.4. The molecular weight excluding hydrogens is 543 g/mol. The molecule has 1 N–H and O–H groups in total. The minimum absolute atomic E-state index is 0.0164. The molecule has 4 rings (SSSR count). The van der Waals surface area contributed by atoms with Gasteiger partial charge in [-0.3, -0.25) is 9.78 Å². The van der Waals surface area contributed by atoms with E-state index in [2.05, 4.69) is 10.3 Å². The number of hydrogen-bond acceptors (Lipinski definition) is 5. The number of aromatic nitrogens is 1. The largest absolute Gasteiger partial charge is 0.351 e. The minimum Gasteiger partial charge on any atom is -0.351 e. The first-order chi connectivity index (χ1) is 18.7. The van der Waals surface area contributed by atoms with Crippen molar-refractivity contribution in [1.29, 1.82) is 5.26 Å². The Labute approximate surface area is 233 Å². The number of anilines is 1. The van der Waals surface area contributed by atoms with Crippen molar-refractivity contribution in [2.45, 2.75) is 88.8 Å². The second-order valence-electron chi connectivity index (χ2n) is 11.5. The average molecular weight is 578 g/mol. The second kappa shape index (κ2) is 11.4. The molecule has 0 radical (unpaired) electrons. The summed E-state index contributed by atoms with van der Waals surface area (Å²) >= 11 is 0. The highest BCUT2D eigenvalue weighted by molar-refractivity contribution is 7.90. The van der Waals surface area contributed by atoms with Crippen LogP contribution in [0, 0.1) is 17.1 Å². The Kier molecular flexibility index (Phi) is 8.47. The molecule has 1 amide bonds. The molecule has 1 aromatic carbocycles. The van der Waals surface area contributed by atoms with Crippen molar-refractivity contribution in [2.24, 2.45) is 0 Å². The molecule has 1 saturated heterocycles. The first-order valence-corrected chi connectivity index (χ1v) is 14.7. The van der Waals surface area contributed by atoms with Gasteiger partial charge in [0.05, 0.1) is 18.0 Å². The molecule has 12 heteroatoms. The highest BCUT2D eigenvalue weighted by Crippen LogP contribution is 2.37. The maximum absolute atomic E-state index is 14.4. The van der Waals surface area contributed by atoms with Crippen LogP contribution in [0.15, 0.2) is 42.7 Å². The number of carbonyl (C=O) groups excluding carboxylic acids is 1. The zero-order valence-electron chi connectivity index (χ0n) is 22.8. The van der Waals surface area contributed by atoms with E-state index in [0.29, 0.717) is 12.8 Å². The predicted octanol–water partition coefficient (Wildman–Crippen LogP) is 4.99. The molecule has 2 fully saturated rings. The zero-order valence-corrected chi connectivity index (χ0v) is 23.6. The van der Waals surface area contributed by atoms with E-state index >= 15 is 0 Å². The summed E-state index contributed by atoms with van der Waals surface area (Å²) in [7, 11) is -4.51. The molecule has 2 aliphatic rings. The number of amides is 1. The fourth-order valence-corrected chi connectivity index (χ4v) is 7.15. The highest BCUT2D eigenvalue weighted by Gasteiger charge is 2.45. The topological polar surface area (TPSA) is 106 Å². The van der Waals surface area contributed by atoms with Crippen LogP contribution in [0.1, 0.15) is 76.5 Å². The van der Waals surface area contributed by atoms with Gasteiger partial charge in [-0.1, -0.05) is 32.9 Å². The van der Waals surface area contributed by atoms with E-state index in [9.17, 15) is 31.6 Å². The normalized spacial score (nSPS) is 21.0. The van der Waals surface area contributed by atoms with Gasteiger partial charge < -0.3 is 5.32 Å². The quantitative estimate of drug-likeness (QED) is 0.499. The Bertz CT molecular complexity index is 1360. The number of rotatable bonds is 7. The highest BCUT2D eigenvalue weighted by atomic mass is 32.2. The van der Waals surface area contributed by atoms with Crippen molar-refractivity contribution in [3.63, 3.8) is 0 Å². The lowest BCUT2D eigenvalue weighted by molar-refractivity contribution is -0.124. The molecule has 1 saturated carbocycles. The van der Waals surface area contributed by atoms with Crippen molar-refractivity contribution < 1.29 is 26.4 Å². The van der Waals surface area contributed by atoms with Gasteiger partial charge in [0.1, 0.15) is 11.9 Å². The second-order valence-corrected chi connectivity index (χ2v) is 13.2. The molecule has 216 valence electrons. The SMILES string of the molecule is CC(C)(C)c1ccc(N(C(C(=O)NC2CCC(F)(F)CC2)c2cncc(F)c2)S(=O)(=O)N2CCC[C@@H]2C#N)cc1. The van der Waals surface area contributed by atoms with Gasteiger partial charge in [-0.25, -0.2) is 17.5 Å². The minimum atomic E-state index is -4.51. The molecule has 0 bridgehead atoms. The average Bonchev–Trinajstić information content (AvgIpc) is 3.38. The van der Waals surface area contributed by atoms with Crippen LogP contribution in [0.2, 0.25) is 0 Å². The van der Waals surface area contributed by atoms with Crippen LogP contribution >= 0.6 is 0 Å². The smallest absolute Gasteiger partial charge is 0.306 e. The number of benzene rings is 1. The number of hydrogen-bond donors (Lipinski definition) is 1. The van der Waals surface area contributed by atoms with Crippen LogP contribution in [0.3, 0.4) is 0 Å². The summed E-state index contributed by atoms with van der Waals surface area (Å²) in [4.78, 5) is 17.7. The number of nitrogens with zero attached hydrogens (tertiary/aromatic N) is 4. The number of halogens is 3. The number of alkyl halides is 2. The van der Waals surface area contributed by atoms with Crippen LogP contribution in [0.25, 0.3) is 0 Å². The molecule has 1 aromatic heterocycles. The third kappa shape index (κ3) is 6.41. The molecule has 1 aliphatic carbocycles. The predicted molar refractivity (Wildman–Crippen MR) is 144 cm³/mol. The van der Waals surface area contributed by atoms with E-state index in [-0.39, 0.29) is 36.1 Å². The summed E-state index contributed by atoms with van der Waals surface area (Å²) in [6.45, 7) is 6.08. The first-order valence-electron chi connectivity index (χ1n) is 13.3. The fraction of sp³-hybridized carbons (Fsp3) is 0.536. The summed E-state index contributed by atoms with van der Waals surface area (Å²) in [5, 5.41) is 12.4. The Morgan fingerprint density at radius 3 is 2.40 bits per heavy atom. The van der Waals surface area contributed by atoms with Crippen LogP contribution in [0.4, 0.5) is 18.9 Å². The van der Waals surface area contributed by atoms with Gasteiger partial charge in [0.15, 0.2) is 6.04 Å². The third-order valence-electron chi connectivity index (χ3n) is 7.47. The third-order valence-corrected chi connectivity index (χ3v) is 9.42. The van der Waals surface area contributed by atoms with Gasteiger partial charge in [0.25, 0.3) is 0 Å². The Morgan fingerprint density at radius 2 is 1.82 bits per heavy atom. The lowest BCUT2D eigenvalue weighted by atomic mass is 9.87. The fourth-order valence-electron chi connectivity index (χ4n) is 5.22. The van der Waals surface area contributed by atoms with E-state index in [0.717, 1.165) is 26.4 Å². The van der Waals surface area contributed by atoms with Gasteiger partial charge in [0, 0.05) is 37.2 Å². The Balaban J connectivity index is 1.83. The number of pyridine rings is 1. The summed E-state index contributed by atoms with van der Waals surface area (Å²) in [5.74, 6) is -4.39.